The summed E-state index contributed by atoms with van der Waals surface area (Å²) in [5.41, 5.74) is 3.43. The van der Waals surface area contributed by atoms with E-state index in [9.17, 15) is 4.39 Å². The van der Waals surface area contributed by atoms with Crippen LogP contribution in [0.15, 0.2) is 53.5 Å². The number of benzene rings is 2. The molecule has 2 N–H and O–H groups in total. The summed E-state index contributed by atoms with van der Waals surface area (Å²) in [6.07, 6.45) is 0. The van der Waals surface area contributed by atoms with Gasteiger partial charge in [0.05, 0.1) is 25.9 Å². The molecule has 1 fully saturated rings. The second-order valence-corrected chi connectivity index (χ2v) is 7.43. The molecular weight excluding hydrogens is 395 g/mol. The van der Waals surface area contributed by atoms with Crippen LogP contribution < -0.4 is 10.6 Å². The molecule has 2 aromatic carbocycles. The first-order valence-corrected chi connectivity index (χ1v) is 10.9. The molecule has 168 valence electrons. The third-order valence-electron chi connectivity index (χ3n) is 5.45. The maximum atomic E-state index is 13.4. The zero-order valence-corrected chi connectivity index (χ0v) is 18.4. The Bertz CT molecular complexity index is 823. The molecule has 0 aromatic heterocycles. The number of rotatable bonds is 9. The lowest BCUT2D eigenvalue weighted by molar-refractivity contribution is 0.0170. The topological polar surface area (TPSA) is 58.1 Å². The SMILES string of the molecule is CCOCc1ccccc1CNC(=NC)NCC(c1ccc(F)cc1)N1CCOCC1. The van der Waals surface area contributed by atoms with Crippen molar-refractivity contribution in [3.63, 3.8) is 0 Å². The largest absolute Gasteiger partial charge is 0.379 e. The van der Waals surface area contributed by atoms with E-state index in [4.69, 9.17) is 9.47 Å². The number of nitrogens with one attached hydrogen (secondary N) is 2. The second-order valence-electron chi connectivity index (χ2n) is 7.43. The molecule has 0 amide bonds. The minimum atomic E-state index is -0.222. The molecule has 1 atom stereocenters. The van der Waals surface area contributed by atoms with Gasteiger partial charge in [-0.1, -0.05) is 36.4 Å². The van der Waals surface area contributed by atoms with Crippen LogP contribution >= 0.6 is 0 Å². The average Bonchev–Trinajstić information content (AvgIpc) is 2.82. The number of aliphatic imine (C=N–C) groups is 1. The maximum absolute atomic E-state index is 13.4. The molecule has 1 saturated heterocycles. The van der Waals surface area contributed by atoms with Crippen LogP contribution in [0.5, 0.6) is 0 Å². The summed E-state index contributed by atoms with van der Waals surface area (Å²) < 4.78 is 24.5. The fourth-order valence-corrected chi connectivity index (χ4v) is 3.71. The van der Waals surface area contributed by atoms with Crippen molar-refractivity contribution in [1.29, 1.82) is 0 Å². The van der Waals surface area contributed by atoms with E-state index in [0.29, 0.717) is 39.5 Å². The minimum absolute atomic E-state index is 0.105. The van der Waals surface area contributed by atoms with Crippen LogP contribution in [0.4, 0.5) is 4.39 Å². The number of guanidine groups is 1. The molecule has 7 heteroatoms. The third-order valence-corrected chi connectivity index (χ3v) is 5.45. The highest BCUT2D eigenvalue weighted by molar-refractivity contribution is 5.79. The van der Waals surface area contributed by atoms with Crippen molar-refractivity contribution in [3.05, 3.63) is 71.0 Å². The van der Waals surface area contributed by atoms with Crippen LogP contribution in [0.25, 0.3) is 0 Å². The molecule has 1 unspecified atom stereocenters. The van der Waals surface area contributed by atoms with E-state index < -0.39 is 0 Å². The number of hydrogen-bond donors (Lipinski definition) is 2. The van der Waals surface area contributed by atoms with Gasteiger partial charge in [-0.05, 0) is 35.7 Å². The van der Waals surface area contributed by atoms with E-state index in [1.54, 1.807) is 7.05 Å². The molecule has 1 heterocycles. The van der Waals surface area contributed by atoms with E-state index in [1.807, 2.05) is 31.2 Å². The fourth-order valence-electron chi connectivity index (χ4n) is 3.71. The van der Waals surface area contributed by atoms with Gasteiger partial charge in [-0.15, -0.1) is 0 Å². The Hall–Kier alpha value is -2.48. The summed E-state index contributed by atoms with van der Waals surface area (Å²) in [4.78, 5) is 6.75. The summed E-state index contributed by atoms with van der Waals surface area (Å²) in [6, 6.07) is 15.1. The molecule has 6 nitrogen and oxygen atoms in total. The van der Waals surface area contributed by atoms with E-state index >= 15 is 0 Å². The van der Waals surface area contributed by atoms with Gasteiger partial charge in [0, 0.05) is 39.8 Å². The van der Waals surface area contributed by atoms with Gasteiger partial charge in [0.15, 0.2) is 5.96 Å². The van der Waals surface area contributed by atoms with Crippen molar-refractivity contribution in [1.82, 2.24) is 15.5 Å². The molecule has 0 radical (unpaired) electrons. The summed E-state index contributed by atoms with van der Waals surface area (Å²) in [5, 5.41) is 6.85. The van der Waals surface area contributed by atoms with E-state index in [0.717, 1.165) is 24.6 Å². The van der Waals surface area contributed by atoms with Gasteiger partial charge in [0.1, 0.15) is 5.82 Å². The zero-order valence-electron chi connectivity index (χ0n) is 18.4. The maximum Gasteiger partial charge on any atom is 0.191 e. The summed E-state index contributed by atoms with van der Waals surface area (Å²) >= 11 is 0. The van der Waals surface area contributed by atoms with Crippen LogP contribution in [0.1, 0.15) is 29.7 Å². The van der Waals surface area contributed by atoms with E-state index in [-0.39, 0.29) is 11.9 Å². The Morgan fingerprint density at radius 3 is 2.48 bits per heavy atom. The van der Waals surface area contributed by atoms with Crippen molar-refractivity contribution in [2.24, 2.45) is 4.99 Å². The van der Waals surface area contributed by atoms with Gasteiger partial charge in [-0.3, -0.25) is 9.89 Å². The Morgan fingerprint density at radius 2 is 1.81 bits per heavy atom. The normalized spacial score (nSPS) is 16.2. The highest BCUT2D eigenvalue weighted by Crippen LogP contribution is 2.21. The van der Waals surface area contributed by atoms with Gasteiger partial charge in [-0.2, -0.15) is 0 Å². The monoisotopic (exact) mass is 428 g/mol. The number of morpholine rings is 1. The second kappa shape index (κ2) is 12.4. The Labute approximate surface area is 184 Å². The van der Waals surface area contributed by atoms with Gasteiger partial charge < -0.3 is 20.1 Å². The van der Waals surface area contributed by atoms with Crippen LogP contribution in [-0.2, 0) is 22.6 Å². The summed E-state index contributed by atoms with van der Waals surface area (Å²) in [7, 11) is 1.77. The standard InChI is InChI=1S/C24H33FN4O2/c1-3-30-18-21-7-5-4-6-20(21)16-27-24(26-2)28-17-23(29-12-14-31-15-13-29)19-8-10-22(25)11-9-19/h4-11,23H,3,12-18H2,1-2H3,(H2,26,27,28). The fraction of sp³-hybridized carbons (Fsp3) is 0.458. The Morgan fingerprint density at radius 1 is 1.10 bits per heavy atom. The summed E-state index contributed by atoms with van der Waals surface area (Å²) in [6.45, 7) is 7.72. The van der Waals surface area contributed by atoms with Gasteiger partial charge >= 0.3 is 0 Å². The van der Waals surface area contributed by atoms with Gasteiger partial charge in [0.2, 0.25) is 0 Å². The highest BCUT2D eigenvalue weighted by atomic mass is 19.1. The first kappa shape index (κ1) is 23.2. The smallest absolute Gasteiger partial charge is 0.191 e. The zero-order chi connectivity index (χ0) is 21.9. The van der Waals surface area contributed by atoms with Crippen molar-refractivity contribution in [2.75, 3.05) is 46.5 Å². The van der Waals surface area contributed by atoms with Crippen LogP contribution in [-0.4, -0.2) is 57.4 Å². The molecule has 1 aliphatic rings. The summed E-state index contributed by atoms with van der Waals surface area (Å²) in [5.74, 6) is 0.507. The van der Waals surface area contributed by atoms with Crippen LogP contribution in [0, 0.1) is 5.82 Å². The van der Waals surface area contributed by atoms with Crippen molar-refractivity contribution in [3.8, 4) is 0 Å². The van der Waals surface area contributed by atoms with Crippen molar-refractivity contribution in [2.45, 2.75) is 26.1 Å². The molecule has 0 bridgehead atoms. The quantitative estimate of drug-likeness (QED) is 0.475. The molecule has 3 rings (SSSR count). The molecule has 0 saturated carbocycles. The number of halogens is 1. The lowest BCUT2D eigenvalue weighted by Gasteiger charge is -2.35. The predicted octanol–water partition coefficient (Wildman–Crippen LogP) is 3.10. The average molecular weight is 429 g/mol. The minimum Gasteiger partial charge on any atom is -0.379 e. The van der Waals surface area contributed by atoms with Crippen LogP contribution in [0.2, 0.25) is 0 Å². The predicted molar refractivity (Wildman–Crippen MR) is 122 cm³/mol. The number of ether oxygens (including phenoxy) is 2. The van der Waals surface area contributed by atoms with Crippen LogP contribution in [0.3, 0.4) is 0 Å². The highest BCUT2D eigenvalue weighted by Gasteiger charge is 2.23. The lowest BCUT2D eigenvalue weighted by Crippen LogP contribution is -2.46. The Balaban J connectivity index is 1.62. The Kier molecular flexibility index (Phi) is 9.27. The molecule has 31 heavy (non-hydrogen) atoms. The van der Waals surface area contributed by atoms with Gasteiger partial charge in [0.25, 0.3) is 0 Å². The van der Waals surface area contributed by atoms with E-state index in [1.165, 1.54) is 23.3 Å². The first-order chi connectivity index (χ1) is 15.2. The molecular formula is C24H33FN4O2. The number of nitrogens with zero attached hydrogens (tertiary/aromatic N) is 2. The van der Waals surface area contributed by atoms with Crippen molar-refractivity contribution < 1.29 is 13.9 Å². The van der Waals surface area contributed by atoms with Crippen molar-refractivity contribution >= 4 is 5.96 Å². The lowest BCUT2D eigenvalue weighted by atomic mass is 10.0. The molecule has 0 spiro atoms. The van der Waals surface area contributed by atoms with E-state index in [2.05, 4.69) is 32.7 Å². The molecule has 0 aliphatic carbocycles. The molecule has 1 aliphatic heterocycles. The third kappa shape index (κ3) is 7.02. The number of hydrogen-bond acceptors (Lipinski definition) is 4. The first-order valence-electron chi connectivity index (χ1n) is 10.9. The molecule has 2 aromatic rings. The van der Waals surface area contributed by atoms with Gasteiger partial charge in [-0.25, -0.2) is 4.39 Å².